The van der Waals surface area contributed by atoms with E-state index < -0.39 is 0 Å². The van der Waals surface area contributed by atoms with Crippen LogP contribution in [0.4, 0.5) is 0 Å². The molecule has 0 aliphatic heterocycles. The molecule has 1 amide bonds. The Morgan fingerprint density at radius 3 is 2.60 bits per heavy atom. The lowest BCUT2D eigenvalue weighted by Gasteiger charge is -2.16. The highest BCUT2D eigenvalue weighted by Gasteiger charge is 2.40. The fraction of sp³-hybridized carbons (Fsp3) is 0.917. The number of unbranched alkanes of at least 4 members (excludes halogenated alkanes) is 1. The molecule has 1 fully saturated rings. The molecule has 0 radical (unpaired) electrons. The second-order valence-corrected chi connectivity index (χ2v) is 4.82. The molecule has 0 saturated heterocycles. The lowest BCUT2D eigenvalue weighted by atomic mass is 10.0. The van der Waals surface area contributed by atoms with Crippen LogP contribution in [0.25, 0.3) is 0 Å². The zero-order valence-corrected chi connectivity index (χ0v) is 10.0. The predicted molar refractivity (Wildman–Crippen MR) is 62.5 cm³/mol. The first-order valence-corrected chi connectivity index (χ1v) is 6.17. The Kier molecular flexibility index (Phi) is 4.58. The van der Waals surface area contributed by atoms with Crippen molar-refractivity contribution in [2.75, 3.05) is 6.54 Å². The molecule has 3 nitrogen and oxygen atoms in total. The minimum atomic E-state index is -0.308. The molecule has 0 aromatic heterocycles. The second kappa shape index (κ2) is 5.50. The number of amides is 1. The van der Waals surface area contributed by atoms with Crippen molar-refractivity contribution in [2.45, 2.75) is 58.4 Å². The van der Waals surface area contributed by atoms with Crippen LogP contribution in [0.15, 0.2) is 0 Å². The van der Waals surface area contributed by atoms with E-state index in [4.69, 9.17) is 5.73 Å². The number of hydrogen-bond acceptors (Lipinski definition) is 2. The molecule has 0 heterocycles. The summed E-state index contributed by atoms with van der Waals surface area (Å²) in [5.74, 6) is 0.0307. The first kappa shape index (κ1) is 12.5. The van der Waals surface area contributed by atoms with Gasteiger partial charge in [-0.05, 0) is 31.1 Å². The van der Waals surface area contributed by atoms with Crippen LogP contribution >= 0.6 is 0 Å². The predicted octanol–water partition coefficient (Wildman–Crippen LogP) is 1.81. The summed E-state index contributed by atoms with van der Waals surface area (Å²) in [6.45, 7) is 5.12. The van der Waals surface area contributed by atoms with Crippen LogP contribution in [0, 0.1) is 5.41 Å². The molecule has 1 aliphatic rings. The van der Waals surface area contributed by atoms with Gasteiger partial charge in [0.2, 0.25) is 5.91 Å². The molecular formula is C12H24N2O. The van der Waals surface area contributed by atoms with Crippen molar-refractivity contribution in [2.24, 2.45) is 11.1 Å². The lowest BCUT2D eigenvalue weighted by molar-refractivity contribution is -0.122. The smallest absolute Gasteiger partial charge is 0.236 e. The zero-order chi connectivity index (χ0) is 11.3. The summed E-state index contributed by atoms with van der Waals surface area (Å²) < 4.78 is 0. The summed E-state index contributed by atoms with van der Waals surface area (Å²) in [6.07, 6.45) is 6.62. The summed E-state index contributed by atoms with van der Waals surface area (Å²) in [5, 5.41) is 2.98. The van der Waals surface area contributed by atoms with Crippen LogP contribution in [-0.4, -0.2) is 18.5 Å². The van der Waals surface area contributed by atoms with E-state index in [0.29, 0.717) is 5.41 Å². The van der Waals surface area contributed by atoms with Crippen molar-refractivity contribution >= 4 is 5.91 Å². The van der Waals surface area contributed by atoms with Crippen molar-refractivity contribution in [3.63, 3.8) is 0 Å². The third-order valence-electron chi connectivity index (χ3n) is 3.55. The fourth-order valence-corrected chi connectivity index (χ4v) is 1.79. The molecule has 0 aromatic carbocycles. The Hall–Kier alpha value is -0.570. The van der Waals surface area contributed by atoms with Crippen LogP contribution in [0.2, 0.25) is 0 Å². The van der Waals surface area contributed by atoms with Crippen molar-refractivity contribution < 1.29 is 4.79 Å². The summed E-state index contributed by atoms with van der Waals surface area (Å²) in [4.78, 5) is 11.6. The van der Waals surface area contributed by atoms with Crippen LogP contribution in [0.5, 0.6) is 0 Å². The number of carbonyl (C=O) groups excluding carboxylic acids is 1. The van der Waals surface area contributed by atoms with Gasteiger partial charge in [-0.3, -0.25) is 4.79 Å². The number of hydrogen-bond donors (Lipinski definition) is 2. The van der Waals surface area contributed by atoms with E-state index in [1.807, 2.05) is 0 Å². The average Bonchev–Trinajstić information content (AvgIpc) is 3.03. The number of rotatable bonds is 7. The van der Waals surface area contributed by atoms with Gasteiger partial charge in [-0.2, -0.15) is 0 Å². The van der Waals surface area contributed by atoms with Crippen molar-refractivity contribution in [1.29, 1.82) is 0 Å². The molecule has 1 atom stereocenters. The van der Waals surface area contributed by atoms with Gasteiger partial charge in [0.05, 0.1) is 6.04 Å². The topological polar surface area (TPSA) is 55.1 Å². The Morgan fingerprint density at radius 1 is 1.47 bits per heavy atom. The van der Waals surface area contributed by atoms with E-state index in [9.17, 15) is 4.79 Å². The Labute approximate surface area is 92.8 Å². The van der Waals surface area contributed by atoms with E-state index >= 15 is 0 Å². The third kappa shape index (κ3) is 3.82. The molecule has 1 unspecified atom stereocenters. The fourth-order valence-electron chi connectivity index (χ4n) is 1.79. The van der Waals surface area contributed by atoms with E-state index in [-0.39, 0.29) is 11.9 Å². The zero-order valence-electron chi connectivity index (χ0n) is 10.0. The molecule has 3 N–H and O–H groups in total. The number of nitrogens with two attached hydrogens (primary N) is 1. The van der Waals surface area contributed by atoms with Gasteiger partial charge in [0.15, 0.2) is 0 Å². The van der Waals surface area contributed by atoms with Gasteiger partial charge in [-0.15, -0.1) is 0 Å². The summed E-state index contributed by atoms with van der Waals surface area (Å²) in [6, 6.07) is -0.308. The van der Waals surface area contributed by atoms with Gasteiger partial charge < -0.3 is 11.1 Å². The van der Waals surface area contributed by atoms with E-state index in [2.05, 4.69) is 19.2 Å². The molecule has 0 aromatic rings. The third-order valence-corrected chi connectivity index (χ3v) is 3.55. The van der Waals surface area contributed by atoms with Gasteiger partial charge >= 0.3 is 0 Å². The summed E-state index contributed by atoms with van der Waals surface area (Å²) in [5.41, 5.74) is 6.20. The molecule has 1 saturated carbocycles. The number of nitrogens with one attached hydrogen (secondary N) is 1. The first-order chi connectivity index (χ1) is 7.13. The van der Waals surface area contributed by atoms with E-state index in [1.54, 1.807) is 0 Å². The summed E-state index contributed by atoms with van der Waals surface area (Å²) in [7, 11) is 0. The minimum absolute atomic E-state index is 0.0307. The Balaban J connectivity index is 2.17. The van der Waals surface area contributed by atoms with Crippen molar-refractivity contribution in [3.8, 4) is 0 Å². The highest BCUT2D eigenvalue weighted by Crippen LogP contribution is 2.47. The Morgan fingerprint density at radius 2 is 2.13 bits per heavy atom. The number of carbonyl (C=O) groups is 1. The second-order valence-electron chi connectivity index (χ2n) is 4.82. The maximum atomic E-state index is 11.6. The minimum Gasteiger partial charge on any atom is -0.354 e. The largest absolute Gasteiger partial charge is 0.354 e. The van der Waals surface area contributed by atoms with Crippen LogP contribution in [-0.2, 0) is 4.79 Å². The first-order valence-electron chi connectivity index (χ1n) is 6.17. The van der Waals surface area contributed by atoms with Crippen LogP contribution in [0.3, 0.4) is 0 Å². The summed E-state index contributed by atoms with van der Waals surface area (Å²) >= 11 is 0. The van der Waals surface area contributed by atoms with Gasteiger partial charge in [0.25, 0.3) is 0 Å². The Bertz CT molecular complexity index is 212. The highest BCUT2D eigenvalue weighted by molar-refractivity contribution is 5.81. The van der Waals surface area contributed by atoms with Crippen LogP contribution in [0.1, 0.15) is 52.4 Å². The monoisotopic (exact) mass is 212 g/mol. The lowest BCUT2D eigenvalue weighted by Crippen LogP contribution is -2.42. The SMILES string of the molecule is CCCCC(N)C(=O)NCC1(CC)CC1. The molecule has 88 valence electrons. The van der Waals surface area contributed by atoms with Gasteiger partial charge in [0.1, 0.15) is 0 Å². The highest BCUT2D eigenvalue weighted by atomic mass is 16.2. The quantitative estimate of drug-likeness (QED) is 0.676. The van der Waals surface area contributed by atoms with E-state index in [1.165, 1.54) is 12.8 Å². The molecule has 1 aliphatic carbocycles. The molecule has 0 bridgehead atoms. The average molecular weight is 212 g/mol. The molecule has 3 heteroatoms. The van der Waals surface area contributed by atoms with Crippen molar-refractivity contribution in [1.82, 2.24) is 5.32 Å². The van der Waals surface area contributed by atoms with Gasteiger partial charge in [-0.25, -0.2) is 0 Å². The molecule has 1 rings (SSSR count). The van der Waals surface area contributed by atoms with Gasteiger partial charge in [-0.1, -0.05) is 26.7 Å². The maximum Gasteiger partial charge on any atom is 0.236 e. The molecule has 15 heavy (non-hydrogen) atoms. The van der Waals surface area contributed by atoms with Gasteiger partial charge in [0, 0.05) is 6.54 Å². The van der Waals surface area contributed by atoms with E-state index in [0.717, 1.165) is 32.2 Å². The normalized spacial score (nSPS) is 19.7. The molecular weight excluding hydrogens is 188 g/mol. The standard InChI is InChI=1S/C12H24N2O/c1-3-5-6-10(13)11(15)14-9-12(4-2)7-8-12/h10H,3-9,13H2,1-2H3,(H,14,15). The maximum absolute atomic E-state index is 11.6. The van der Waals surface area contributed by atoms with Crippen molar-refractivity contribution in [3.05, 3.63) is 0 Å². The van der Waals surface area contributed by atoms with Crippen LogP contribution < -0.4 is 11.1 Å². The molecule has 0 spiro atoms.